The summed E-state index contributed by atoms with van der Waals surface area (Å²) < 4.78 is 0. The minimum absolute atomic E-state index is 0.713. The molecule has 0 aliphatic carbocycles. The Balaban J connectivity index is 2.32. The lowest BCUT2D eigenvalue weighted by molar-refractivity contribution is 0.453. The highest BCUT2D eigenvalue weighted by Crippen LogP contribution is 2.10. The standard InChI is InChI=1S/C8H14N2S/c1-2-3-8(9)10-4-6-11-7-5-10/h2,9H,1,3-7H2. The molecule has 0 spiro atoms. The van der Waals surface area contributed by atoms with Gasteiger partial charge in [-0.2, -0.15) is 11.8 Å². The molecule has 1 N–H and O–H groups in total. The van der Waals surface area contributed by atoms with Crippen LogP contribution < -0.4 is 0 Å². The monoisotopic (exact) mass is 170 g/mol. The number of rotatable bonds is 2. The summed E-state index contributed by atoms with van der Waals surface area (Å²) in [7, 11) is 0. The first-order valence-corrected chi connectivity index (χ1v) is 5.01. The molecule has 0 amide bonds. The van der Waals surface area contributed by atoms with Crippen molar-refractivity contribution in [2.75, 3.05) is 24.6 Å². The van der Waals surface area contributed by atoms with Gasteiger partial charge in [0.2, 0.25) is 0 Å². The van der Waals surface area contributed by atoms with Gasteiger partial charge in [0.15, 0.2) is 0 Å². The van der Waals surface area contributed by atoms with Gasteiger partial charge in [-0.15, -0.1) is 6.58 Å². The van der Waals surface area contributed by atoms with Crippen molar-refractivity contribution in [1.82, 2.24) is 4.90 Å². The Morgan fingerprint density at radius 2 is 2.18 bits per heavy atom. The van der Waals surface area contributed by atoms with E-state index in [0.29, 0.717) is 6.42 Å². The lowest BCUT2D eigenvalue weighted by Gasteiger charge is -2.28. The first-order chi connectivity index (χ1) is 5.34. The van der Waals surface area contributed by atoms with E-state index in [9.17, 15) is 0 Å². The highest BCUT2D eigenvalue weighted by atomic mass is 32.2. The molecule has 0 radical (unpaired) electrons. The first-order valence-electron chi connectivity index (χ1n) is 3.85. The average molecular weight is 170 g/mol. The largest absolute Gasteiger partial charge is 0.359 e. The van der Waals surface area contributed by atoms with Crippen molar-refractivity contribution in [2.24, 2.45) is 0 Å². The van der Waals surface area contributed by atoms with Gasteiger partial charge >= 0.3 is 0 Å². The first kappa shape index (κ1) is 8.65. The van der Waals surface area contributed by atoms with Crippen LogP contribution in [0, 0.1) is 5.41 Å². The van der Waals surface area contributed by atoms with Crippen LogP contribution in [-0.2, 0) is 0 Å². The lowest BCUT2D eigenvalue weighted by atomic mass is 10.3. The quantitative estimate of drug-likeness (QED) is 0.387. The highest BCUT2D eigenvalue weighted by molar-refractivity contribution is 7.99. The highest BCUT2D eigenvalue weighted by Gasteiger charge is 2.11. The van der Waals surface area contributed by atoms with E-state index in [4.69, 9.17) is 5.41 Å². The zero-order chi connectivity index (χ0) is 8.10. The molecular weight excluding hydrogens is 156 g/mol. The zero-order valence-corrected chi connectivity index (χ0v) is 7.49. The summed E-state index contributed by atoms with van der Waals surface area (Å²) >= 11 is 1.97. The van der Waals surface area contributed by atoms with Crippen molar-refractivity contribution >= 4 is 17.6 Å². The summed E-state index contributed by atoms with van der Waals surface area (Å²) in [6.45, 7) is 5.70. The summed E-state index contributed by atoms with van der Waals surface area (Å²) in [5, 5.41) is 7.63. The Labute approximate surface area is 72.2 Å². The molecule has 0 aromatic rings. The maximum absolute atomic E-state index is 7.63. The minimum atomic E-state index is 0.713. The summed E-state index contributed by atoms with van der Waals surface area (Å²) in [6, 6.07) is 0. The molecule has 1 saturated heterocycles. The second-order valence-corrected chi connectivity index (χ2v) is 3.76. The third-order valence-electron chi connectivity index (χ3n) is 1.73. The second-order valence-electron chi connectivity index (χ2n) is 2.54. The molecule has 1 heterocycles. The van der Waals surface area contributed by atoms with Gasteiger partial charge < -0.3 is 4.90 Å². The molecule has 3 heteroatoms. The Bertz CT molecular complexity index is 150. The zero-order valence-electron chi connectivity index (χ0n) is 6.68. The van der Waals surface area contributed by atoms with Crippen molar-refractivity contribution < 1.29 is 0 Å². The predicted molar refractivity (Wildman–Crippen MR) is 51.4 cm³/mol. The third-order valence-corrected chi connectivity index (χ3v) is 2.67. The molecular formula is C8H14N2S. The molecule has 62 valence electrons. The topological polar surface area (TPSA) is 27.1 Å². The van der Waals surface area contributed by atoms with Crippen LogP contribution in [-0.4, -0.2) is 35.3 Å². The molecule has 0 saturated carbocycles. The SMILES string of the molecule is C=CCC(=N)N1CCSCC1. The normalized spacial score (nSPS) is 18.0. The second kappa shape index (κ2) is 4.44. The summed E-state index contributed by atoms with van der Waals surface area (Å²) in [5.74, 6) is 3.05. The van der Waals surface area contributed by atoms with E-state index in [1.165, 1.54) is 11.5 Å². The van der Waals surface area contributed by atoms with Crippen molar-refractivity contribution in [2.45, 2.75) is 6.42 Å². The number of hydrogen-bond acceptors (Lipinski definition) is 2. The summed E-state index contributed by atoms with van der Waals surface area (Å²) in [6.07, 6.45) is 2.51. The minimum Gasteiger partial charge on any atom is -0.359 e. The molecule has 0 aromatic heterocycles. The van der Waals surface area contributed by atoms with Crippen LogP contribution in [0.4, 0.5) is 0 Å². The Kier molecular flexibility index (Phi) is 3.49. The third kappa shape index (κ3) is 2.58. The van der Waals surface area contributed by atoms with Crippen molar-refractivity contribution in [3.8, 4) is 0 Å². The maximum Gasteiger partial charge on any atom is 0.0996 e. The smallest absolute Gasteiger partial charge is 0.0996 e. The van der Waals surface area contributed by atoms with E-state index < -0.39 is 0 Å². The number of thioether (sulfide) groups is 1. The van der Waals surface area contributed by atoms with E-state index in [0.717, 1.165) is 18.9 Å². The predicted octanol–water partition coefficient (Wildman–Crippen LogP) is 1.59. The van der Waals surface area contributed by atoms with Crippen molar-refractivity contribution in [3.63, 3.8) is 0 Å². The van der Waals surface area contributed by atoms with Crippen LogP contribution in [0.25, 0.3) is 0 Å². The Morgan fingerprint density at radius 1 is 1.55 bits per heavy atom. The van der Waals surface area contributed by atoms with Gasteiger partial charge in [-0.25, -0.2) is 0 Å². The van der Waals surface area contributed by atoms with Gasteiger partial charge in [-0.05, 0) is 0 Å². The maximum atomic E-state index is 7.63. The van der Waals surface area contributed by atoms with Crippen LogP contribution >= 0.6 is 11.8 Å². The molecule has 1 aliphatic heterocycles. The van der Waals surface area contributed by atoms with Crippen molar-refractivity contribution in [3.05, 3.63) is 12.7 Å². The fraction of sp³-hybridized carbons (Fsp3) is 0.625. The number of nitrogens with one attached hydrogen (secondary N) is 1. The molecule has 1 fully saturated rings. The van der Waals surface area contributed by atoms with Crippen LogP contribution in [0.1, 0.15) is 6.42 Å². The van der Waals surface area contributed by atoms with E-state index in [2.05, 4.69) is 11.5 Å². The molecule has 0 unspecified atom stereocenters. The average Bonchev–Trinajstić information content (AvgIpc) is 2.07. The van der Waals surface area contributed by atoms with Crippen LogP contribution in [0.15, 0.2) is 12.7 Å². The van der Waals surface area contributed by atoms with Gasteiger partial charge in [-0.3, -0.25) is 5.41 Å². The van der Waals surface area contributed by atoms with Gasteiger partial charge in [0.05, 0.1) is 5.84 Å². The van der Waals surface area contributed by atoms with Gasteiger partial charge in [0, 0.05) is 31.0 Å². The number of amidine groups is 1. The Hall–Kier alpha value is -0.440. The number of nitrogens with zero attached hydrogens (tertiary/aromatic N) is 1. The molecule has 2 nitrogen and oxygen atoms in total. The van der Waals surface area contributed by atoms with E-state index in [1.807, 2.05) is 11.8 Å². The van der Waals surface area contributed by atoms with Gasteiger partial charge in [0.25, 0.3) is 0 Å². The van der Waals surface area contributed by atoms with Gasteiger partial charge in [-0.1, -0.05) is 6.08 Å². The lowest BCUT2D eigenvalue weighted by Crippen LogP contribution is -2.37. The summed E-state index contributed by atoms with van der Waals surface area (Å²) in [4.78, 5) is 2.14. The molecule has 1 rings (SSSR count). The molecule has 0 atom stereocenters. The molecule has 11 heavy (non-hydrogen) atoms. The fourth-order valence-electron chi connectivity index (χ4n) is 1.10. The van der Waals surface area contributed by atoms with E-state index in [1.54, 1.807) is 6.08 Å². The number of hydrogen-bond donors (Lipinski definition) is 1. The van der Waals surface area contributed by atoms with Gasteiger partial charge in [0.1, 0.15) is 0 Å². The molecule has 0 aromatic carbocycles. The summed E-state index contributed by atoms with van der Waals surface area (Å²) in [5.41, 5.74) is 0. The molecule has 0 bridgehead atoms. The van der Waals surface area contributed by atoms with E-state index in [-0.39, 0.29) is 0 Å². The Morgan fingerprint density at radius 3 is 2.73 bits per heavy atom. The van der Waals surface area contributed by atoms with Crippen LogP contribution in [0.2, 0.25) is 0 Å². The molecule has 1 aliphatic rings. The van der Waals surface area contributed by atoms with Crippen LogP contribution in [0.3, 0.4) is 0 Å². The van der Waals surface area contributed by atoms with E-state index >= 15 is 0 Å². The van der Waals surface area contributed by atoms with Crippen LogP contribution in [0.5, 0.6) is 0 Å². The fourth-order valence-corrected chi connectivity index (χ4v) is 2.00. The van der Waals surface area contributed by atoms with Crippen molar-refractivity contribution in [1.29, 1.82) is 5.41 Å².